The van der Waals surface area contributed by atoms with Gasteiger partial charge in [0.25, 0.3) is 5.56 Å². The van der Waals surface area contributed by atoms with Crippen LogP contribution in [0.15, 0.2) is 53.5 Å². The van der Waals surface area contributed by atoms with Gasteiger partial charge in [0.1, 0.15) is 5.02 Å². The van der Waals surface area contributed by atoms with Crippen molar-refractivity contribution in [3.63, 3.8) is 0 Å². The van der Waals surface area contributed by atoms with Crippen LogP contribution in [0.4, 0.5) is 5.69 Å². The molecule has 0 saturated carbocycles. The van der Waals surface area contributed by atoms with Crippen LogP contribution >= 0.6 is 11.6 Å². The lowest BCUT2D eigenvalue weighted by molar-refractivity contribution is -0.140. The van der Waals surface area contributed by atoms with E-state index in [-0.39, 0.29) is 47.5 Å². The summed E-state index contributed by atoms with van der Waals surface area (Å²) in [6, 6.07) is 9.06. The largest absolute Gasteiger partial charge is 0.365 e. The molecule has 3 amide bonds. The van der Waals surface area contributed by atoms with Gasteiger partial charge in [-0.3, -0.25) is 24.1 Å². The maximum atomic E-state index is 12.8. The molecule has 2 aliphatic heterocycles. The number of likely N-dealkylation sites (tertiary alicyclic amines) is 1. The molecule has 1 aliphatic carbocycles. The van der Waals surface area contributed by atoms with Crippen molar-refractivity contribution in [3.05, 3.63) is 64.1 Å². The third-order valence-corrected chi connectivity index (χ3v) is 7.38. The summed E-state index contributed by atoms with van der Waals surface area (Å²) in [5, 5.41) is 4.37. The number of imide groups is 1. The predicted octanol–water partition coefficient (Wildman–Crippen LogP) is 1.88. The number of nitrogens with zero attached hydrogens (tertiary/aromatic N) is 5. The van der Waals surface area contributed by atoms with Crippen LogP contribution in [0.3, 0.4) is 0 Å². The minimum absolute atomic E-state index is 0.0886. The van der Waals surface area contributed by atoms with Gasteiger partial charge in [-0.2, -0.15) is 9.78 Å². The summed E-state index contributed by atoms with van der Waals surface area (Å²) in [6.07, 6.45) is 6.77. The average molecular weight is 496 g/mol. The number of amides is 3. The van der Waals surface area contributed by atoms with E-state index in [1.54, 1.807) is 23.2 Å². The number of aromatic nitrogens is 2. The van der Waals surface area contributed by atoms with Gasteiger partial charge in [0.15, 0.2) is 0 Å². The fourth-order valence-corrected chi connectivity index (χ4v) is 5.30. The van der Waals surface area contributed by atoms with Gasteiger partial charge in [0.05, 0.1) is 29.4 Å². The molecule has 35 heavy (non-hydrogen) atoms. The van der Waals surface area contributed by atoms with E-state index in [4.69, 9.17) is 11.6 Å². The van der Waals surface area contributed by atoms with Gasteiger partial charge in [-0.25, -0.2) is 0 Å². The van der Waals surface area contributed by atoms with Gasteiger partial charge in [-0.15, -0.1) is 0 Å². The van der Waals surface area contributed by atoms with E-state index in [2.05, 4.69) is 5.10 Å². The average Bonchev–Trinajstić information content (AvgIpc) is 3.14. The summed E-state index contributed by atoms with van der Waals surface area (Å²) in [6.45, 7) is 2.03. The smallest absolute Gasteiger partial charge is 0.292 e. The number of anilines is 1. The molecule has 9 nitrogen and oxygen atoms in total. The first kappa shape index (κ1) is 23.3. The second kappa shape index (κ2) is 9.65. The monoisotopic (exact) mass is 495 g/mol. The summed E-state index contributed by atoms with van der Waals surface area (Å²) in [5.74, 6) is -0.964. The third kappa shape index (κ3) is 4.36. The molecule has 3 aliphatic rings. The number of piperazine rings is 1. The third-order valence-electron chi connectivity index (χ3n) is 7.02. The lowest BCUT2D eigenvalue weighted by Crippen LogP contribution is -2.50. The second-order valence-corrected chi connectivity index (χ2v) is 9.38. The number of allylic oxidation sites excluding steroid dienone is 2. The molecule has 0 bridgehead atoms. The van der Waals surface area contributed by atoms with Crippen LogP contribution in [-0.4, -0.2) is 70.0 Å². The number of hydrogen-bond acceptors (Lipinski definition) is 6. The molecular formula is C25H26ClN5O4. The molecule has 2 fully saturated rings. The Morgan fingerprint density at radius 3 is 2.20 bits per heavy atom. The normalized spacial score (nSPS) is 22.0. The molecule has 182 valence electrons. The number of benzene rings is 1. The second-order valence-electron chi connectivity index (χ2n) is 9.00. The van der Waals surface area contributed by atoms with E-state index in [1.165, 1.54) is 9.58 Å². The van der Waals surface area contributed by atoms with Gasteiger partial charge in [-0.05, 0) is 25.0 Å². The van der Waals surface area contributed by atoms with Gasteiger partial charge < -0.3 is 9.80 Å². The highest BCUT2D eigenvalue weighted by Crippen LogP contribution is 2.35. The Balaban J connectivity index is 1.17. The van der Waals surface area contributed by atoms with E-state index in [1.807, 2.05) is 35.3 Å². The zero-order valence-corrected chi connectivity index (χ0v) is 19.9. The van der Waals surface area contributed by atoms with Crippen LogP contribution in [0.1, 0.15) is 19.3 Å². The molecule has 1 aromatic carbocycles. The SMILES string of the molecule is O=C(CCN1C(=O)[C@@H]2CC=CC[C@H]2C1=O)N1CCN(c2cnn(-c3ccccc3)c(=O)c2Cl)CC1. The number of rotatable bonds is 5. The minimum atomic E-state index is -0.399. The van der Waals surface area contributed by atoms with Crippen molar-refractivity contribution in [2.75, 3.05) is 37.6 Å². The maximum absolute atomic E-state index is 12.8. The van der Waals surface area contributed by atoms with Gasteiger partial charge in [0, 0.05) is 39.1 Å². The van der Waals surface area contributed by atoms with Crippen molar-refractivity contribution in [2.24, 2.45) is 11.8 Å². The number of carbonyl (C=O) groups excluding carboxylic acids is 3. The molecule has 2 saturated heterocycles. The zero-order chi connectivity index (χ0) is 24.5. The molecule has 2 atom stereocenters. The van der Waals surface area contributed by atoms with E-state index in [9.17, 15) is 19.2 Å². The number of halogens is 1. The summed E-state index contributed by atoms with van der Waals surface area (Å²) >= 11 is 6.41. The highest BCUT2D eigenvalue weighted by molar-refractivity contribution is 6.33. The van der Waals surface area contributed by atoms with Crippen LogP contribution < -0.4 is 10.5 Å². The molecule has 10 heteroatoms. The highest BCUT2D eigenvalue weighted by atomic mass is 35.5. The Labute approximate surface area is 207 Å². The van der Waals surface area contributed by atoms with Crippen LogP contribution in [-0.2, 0) is 14.4 Å². The summed E-state index contributed by atoms with van der Waals surface area (Å²) in [7, 11) is 0. The molecule has 0 unspecified atom stereocenters. The number of hydrogen-bond donors (Lipinski definition) is 0. The standard InChI is InChI=1S/C25H26ClN5O4/c26-22-20(16-27-31(25(22)35)17-6-2-1-3-7-17)28-12-14-29(15-13-28)21(32)10-11-30-23(33)18-8-4-5-9-19(18)24(30)34/h1-7,16,18-19H,8-15H2/t18-,19-/m1/s1. The molecule has 5 rings (SSSR count). The zero-order valence-electron chi connectivity index (χ0n) is 19.2. The molecular weight excluding hydrogens is 470 g/mol. The van der Waals surface area contributed by atoms with Crippen LogP contribution in [0.25, 0.3) is 5.69 Å². The van der Waals surface area contributed by atoms with Gasteiger partial charge >= 0.3 is 0 Å². The Hall–Kier alpha value is -3.46. The van der Waals surface area contributed by atoms with Gasteiger partial charge in [0.2, 0.25) is 17.7 Å². The first-order chi connectivity index (χ1) is 17.0. The van der Waals surface area contributed by atoms with Crippen molar-refractivity contribution in [1.29, 1.82) is 0 Å². The van der Waals surface area contributed by atoms with Crippen molar-refractivity contribution >= 4 is 35.0 Å². The molecule has 3 heterocycles. The fourth-order valence-electron chi connectivity index (χ4n) is 5.05. The lowest BCUT2D eigenvalue weighted by Gasteiger charge is -2.36. The lowest BCUT2D eigenvalue weighted by atomic mass is 9.85. The summed E-state index contributed by atoms with van der Waals surface area (Å²) in [5.41, 5.74) is 0.775. The van der Waals surface area contributed by atoms with Crippen molar-refractivity contribution in [2.45, 2.75) is 19.3 Å². The Kier molecular flexibility index (Phi) is 6.42. The van der Waals surface area contributed by atoms with Crippen LogP contribution in [0.2, 0.25) is 5.02 Å². The molecule has 0 radical (unpaired) electrons. The molecule has 2 aromatic rings. The van der Waals surface area contributed by atoms with Gasteiger partial charge in [-0.1, -0.05) is 42.0 Å². The van der Waals surface area contributed by atoms with Crippen molar-refractivity contribution in [1.82, 2.24) is 19.6 Å². The fraction of sp³-hybridized carbons (Fsp3) is 0.400. The number of fused-ring (bicyclic) bond motifs is 1. The van der Waals surface area contributed by atoms with Crippen LogP contribution in [0, 0.1) is 11.8 Å². The van der Waals surface area contributed by atoms with E-state index in [0.717, 1.165) is 0 Å². The predicted molar refractivity (Wildman–Crippen MR) is 130 cm³/mol. The Morgan fingerprint density at radius 1 is 0.943 bits per heavy atom. The van der Waals surface area contributed by atoms with Crippen molar-refractivity contribution in [3.8, 4) is 5.69 Å². The minimum Gasteiger partial charge on any atom is -0.365 e. The molecule has 0 N–H and O–H groups in total. The van der Waals surface area contributed by atoms with E-state index >= 15 is 0 Å². The quantitative estimate of drug-likeness (QED) is 0.464. The summed E-state index contributed by atoms with van der Waals surface area (Å²) in [4.78, 5) is 55.7. The Bertz CT molecular complexity index is 1210. The Morgan fingerprint density at radius 2 is 1.57 bits per heavy atom. The number of para-hydroxylation sites is 1. The van der Waals surface area contributed by atoms with E-state index < -0.39 is 5.56 Å². The molecule has 0 spiro atoms. The summed E-state index contributed by atoms with van der Waals surface area (Å²) < 4.78 is 1.26. The van der Waals surface area contributed by atoms with Crippen molar-refractivity contribution < 1.29 is 14.4 Å². The first-order valence-electron chi connectivity index (χ1n) is 11.8. The topological polar surface area (TPSA) is 95.8 Å². The highest BCUT2D eigenvalue weighted by Gasteiger charge is 2.47. The van der Waals surface area contributed by atoms with Crippen LogP contribution in [0.5, 0.6) is 0 Å². The van der Waals surface area contributed by atoms with E-state index in [0.29, 0.717) is 50.4 Å². The first-order valence-corrected chi connectivity index (χ1v) is 12.2. The number of carbonyl (C=O) groups is 3. The molecule has 1 aromatic heterocycles. The maximum Gasteiger partial charge on any atom is 0.292 e.